The van der Waals surface area contributed by atoms with Crippen LogP contribution >= 0.6 is 11.8 Å². The number of ether oxygens (including phenoxy) is 1. The summed E-state index contributed by atoms with van der Waals surface area (Å²) < 4.78 is 7.63. The third-order valence-electron chi connectivity index (χ3n) is 2.68. The van der Waals surface area contributed by atoms with Gasteiger partial charge in [-0.05, 0) is 19.3 Å². The van der Waals surface area contributed by atoms with E-state index >= 15 is 0 Å². The highest BCUT2D eigenvalue weighted by atomic mass is 32.2. The third kappa shape index (κ3) is 3.74. The predicted molar refractivity (Wildman–Crippen MR) is 64.2 cm³/mol. The molecule has 6 heteroatoms. The van der Waals surface area contributed by atoms with E-state index in [9.17, 15) is 4.79 Å². The molecule has 94 valence electrons. The predicted octanol–water partition coefficient (Wildman–Crippen LogP) is 1.63. The maximum absolute atomic E-state index is 10.5. The molecule has 1 unspecified atom stereocenters. The average Bonchev–Trinajstić information content (AvgIpc) is 2.75. The maximum atomic E-state index is 10.5. The molecule has 2 heterocycles. The normalized spacial score (nSPS) is 20.4. The summed E-state index contributed by atoms with van der Waals surface area (Å²) in [5, 5.41) is 9.39. The SMILES string of the molecule is O=C(O)CSc1nccn1CC1CCCCO1. The fourth-order valence-electron chi connectivity index (χ4n) is 1.87. The Bertz CT molecular complexity index is 375. The lowest BCUT2D eigenvalue weighted by atomic mass is 10.1. The van der Waals surface area contributed by atoms with Gasteiger partial charge in [-0.3, -0.25) is 4.79 Å². The van der Waals surface area contributed by atoms with Gasteiger partial charge in [0.2, 0.25) is 0 Å². The molecule has 0 amide bonds. The van der Waals surface area contributed by atoms with Gasteiger partial charge in [0.15, 0.2) is 5.16 Å². The van der Waals surface area contributed by atoms with E-state index in [0.717, 1.165) is 31.1 Å². The molecule has 1 N–H and O–H groups in total. The van der Waals surface area contributed by atoms with Crippen molar-refractivity contribution in [3.8, 4) is 0 Å². The first-order valence-corrected chi connectivity index (χ1v) is 6.71. The molecule has 0 radical (unpaired) electrons. The van der Waals surface area contributed by atoms with Gasteiger partial charge in [0.05, 0.1) is 18.4 Å². The molecule has 1 fully saturated rings. The molecule has 0 aromatic carbocycles. The molecule has 0 bridgehead atoms. The van der Waals surface area contributed by atoms with E-state index in [-0.39, 0.29) is 11.9 Å². The molecule has 1 aromatic heterocycles. The van der Waals surface area contributed by atoms with E-state index in [1.54, 1.807) is 6.20 Å². The molecule has 0 saturated carbocycles. The molecule has 1 aliphatic heterocycles. The van der Waals surface area contributed by atoms with Gasteiger partial charge in [0.25, 0.3) is 0 Å². The summed E-state index contributed by atoms with van der Waals surface area (Å²) in [4.78, 5) is 14.7. The molecular weight excluding hydrogens is 240 g/mol. The van der Waals surface area contributed by atoms with E-state index in [1.165, 1.54) is 18.2 Å². The molecule has 17 heavy (non-hydrogen) atoms. The Morgan fingerprint density at radius 1 is 1.65 bits per heavy atom. The smallest absolute Gasteiger partial charge is 0.313 e. The Labute approximate surface area is 104 Å². The van der Waals surface area contributed by atoms with Crippen LogP contribution in [-0.4, -0.2) is 39.1 Å². The molecule has 0 aliphatic carbocycles. The largest absolute Gasteiger partial charge is 0.481 e. The number of aliphatic carboxylic acids is 1. The number of hydrogen-bond donors (Lipinski definition) is 1. The van der Waals surface area contributed by atoms with Crippen LogP contribution in [0.1, 0.15) is 19.3 Å². The molecule has 1 saturated heterocycles. The van der Waals surface area contributed by atoms with Gasteiger partial charge in [-0.15, -0.1) is 0 Å². The standard InChI is InChI=1S/C11H16N2O3S/c14-10(15)8-17-11-12-4-5-13(11)7-9-3-1-2-6-16-9/h4-5,9H,1-3,6-8H2,(H,14,15). The number of carboxylic acid groups (broad SMARTS) is 1. The van der Waals surface area contributed by atoms with Crippen molar-refractivity contribution in [3.05, 3.63) is 12.4 Å². The summed E-state index contributed by atoms with van der Waals surface area (Å²) >= 11 is 1.25. The first kappa shape index (κ1) is 12.4. The monoisotopic (exact) mass is 256 g/mol. The highest BCUT2D eigenvalue weighted by molar-refractivity contribution is 7.99. The van der Waals surface area contributed by atoms with Crippen LogP contribution < -0.4 is 0 Å². The summed E-state index contributed by atoms with van der Waals surface area (Å²) in [5.74, 6) is -0.777. The number of thioether (sulfide) groups is 1. The van der Waals surface area contributed by atoms with Crippen LogP contribution in [0.4, 0.5) is 0 Å². The first-order valence-electron chi connectivity index (χ1n) is 5.73. The van der Waals surface area contributed by atoms with Gasteiger partial charge in [0, 0.05) is 19.0 Å². The fourth-order valence-corrected chi connectivity index (χ4v) is 2.56. The van der Waals surface area contributed by atoms with Crippen LogP contribution in [0.25, 0.3) is 0 Å². The van der Waals surface area contributed by atoms with Gasteiger partial charge >= 0.3 is 5.97 Å². The van der Waals surface area contributed by atoms with E-state index in [1.807, 2.05) is 10.8 Å². The Hall–Kier alpha value is -1.01. The summed E-state index contributed by atoms with van der Waals surface area (Å²) in [7, 11) is 0. The quantitative estimate of drug-likeness (QED) is 0.811. The fraction of sp³-hybridized carbons (Fsp3) is 0.636. The minimum atomic E-state index is -0.821. The highest BCUT2D eigenvalue weighted by Gasteiger charge is 2.16. The Morgan fingerprint density at radius 2 is 2.53 bits per heavy atom. The molecule has 1 aliphatic rings. The minimum Gasteiger partial charge on any atom is -0.481 e. The van der Waals surface area contributed by atoms with Crippen molar-refractivity contribution in [2.75, 3.05) is 12.4 Å². The summed E-state index contributed by atoms with van der Waals surface area (Å²) in [6.07, 6.45) is 7.23. The number of aromatic nitrogens is 2. The summed E-state index contributed by atoms with van der Waals surface area (Å²) in [5.41, 5.74) is 0. The Balaban J connectivity index is 1.91. The number of carbonyl (C=O) groups is 1. The van der Waals surface area contributed by atoms with Gasteiger partial charge in [-0.25, -0.2) is 4.98 Å². The molecule has 2 rings (SSSR count). The molecule has 1 aromatic rings. The Morgan fingerprint density at radius 3 is 3.24 bits per heavy atom. The maximum Gasteiger partial charge on any atom is 0.313 e. The number of carboxylic acids is 1. The first-order chi connectivity index (χ1) is 8.25. The zero-order valence-electron chi connectivity index (χ0n) is 9.54. The van der Waals surface area contributed by atoms with Crippen LogP contribution in [0.3, 0.4) is 0 Å². The second kappa shape index (κ2) is 6.07. The number of imidazole rings is 1. The van der Waals surface area contributed by atoms with E-state index in [2.05, 4.69) is 4.98 Å². The lowest BCUT2D eigenvalue weighted by molar-refractivity contribution is -0.133. The summed E-state index contributed by atoms with van der Waals surface area (Å²) in [6.45, 7) is 1.60. The van der Waals surface area contributed by atoms with Crippen molar-refractivity contribution in [1.82, 2.24) is 9.55 Å². The lowest BCUT2D eigenvalue weighted by Crippen LogP contribution is -2.24. The molecule has 5 nitrogen and oxygen atoms in total. The van der Waals surface area contributed by atoms with Gasteiger partial charge in [-0.2, -0.15) is 0 Å². The second-order valence-corrected chi connectivity index (χ2v) is 4.98. The number of rotatable bonds is 5. The van der Waals surface area contributed by atoms with Crippen LogP contribution in [-0.2, 0) is 16.1 Å². The zero-order chi connectivity index (χ0) is 12.1. The van der Waals surface area contributed by atoms with Crippen LogP contribution in [0.5, 0.6) is 0 Å². The van der Waals surface area contributed by atoms with E-state index in [0.29, 0.717) is 0 Å². The average molecular weight is 256 g/mol. The van der Waals surface area contributed by atoms with Crippen LogP contribution in [0.15, 0.2) is 17.6 Å². The Kier molecular flexibility index (Phi) is 4.44. The summed E-state index contributed by atoms with van der Waals surface area (Å²) in [6, 6.07) is 0. The van der Waals surface area contributed by atoms with Crippen molar-refractivity contribution < 1.29 is 14.6 Å². The second-order valence-electron chi connectivity index (χ2n) is 4.03. The molecule has 0 spiro atoms. The van der Waals surface area contributed by atoms with Crippen molar-refractivity contribution >= 4 is 17.7 Å². The van der Waals surface area contributed by atoms with Crippen molar-refractivity contribution in [3.63, 3.8) is 0 Å². The van der Waals surface area contributed by atoms with Crippen molar-refractivity contribution in [2.45, 2.75) is 37.1 Å². The van der Waals surface area contributed by atoms with Crippen LogP contribution in [0.2, 0.25) is 0 Å². The van der Waals surface area contributed by atoms with E-state index < -0.39 is 5.97 Å². The minimum absolute atomic E-state index is 0.0442. The zero-order valence-corrected chi connectivity index (χ0v) is 10.4. The molecular formula is C11H16N2O3S. The van der Waals surface area contributed by atoms with Gasteiger partial charge in [-0.1, -0.05) is 11.8 Å². The third-order valence-corrected chi connectivity index (χ3v) is 3.67. The van der Waals surface area contributed by atoms with Crippen LogP contribution in [0, 0.1) is 0 Å². The molecule has 1 atom stereocenters. The van der Waals surface area contributed by atoms with Crippen molar-refractivity contribution in [1.29, 1.82) is 0 Å². The number of hydrogen-bond acceptors (Lipinski definition) is 4. The lowest BCUT2D eigenvalue weighted by Gasteiger charge is -2.23. The topological polar surface area (TPSA) is 64.3 Å². The van der Waals surface area contributed by atoms with E-state index in [4.69, 9.17) is 9.84 Å². The number of nitrogens with zero attached hydrogens (tertiary/aromatic N) is 2. The van der Waals surface area contributed by atoms with Gasteiger partial charge in [0.1, 0.15) is 0 Å². The van der Waals surface area contributed by atoms with Gasteiger partial charge < -0.3 is 14.4 Å². The highest BCUT2D eigenvalue weighted by Crippen LogP contribution is 2.19. The van der Waals surface area contributed by atoms with Crippen molar-refractivity contribution in [2.24, 2.45) is 0 Å².